The van der Waals surface area contributed by atoms with E-state index in [9.17, 15) is 18.4 Å². The first kappa shape index (κ1) is 23.9. The zero-order chi connectivity index (χ0) is 24.1. The van der Waals surface area contributed by atoms with Gasteiger partial charge in [0.15, 0.2) is 0 Å². The summed E-state index contributed by atoms with van der Waals surface area (Å²) in [5.41, 5.74) is 0.980. The van der Waals surface area contributed by atoms with Gasteiger partial charge in [0.2, 0.25) is 5.91 Å². The number of benzene rings is 2. The molecule has 0 aliphatic carbocycles. The maximum atomic E-state index is 14.2. The molecule has 4 rings (SSSR count). The molecule has 1 unspecified atom stereocenters. The summed E-state index contributed by atoms with van der Waals surface area (Å²) in [7, 11) is 0. The van der Waals surface area contributed by atoms with Crippen LogP contribution in [0.3, 0.4) is 0 Å². The van der Waals surface area contributed by atoms with Crippen LogP contribution in [-0.4, -0.2) is 47.9 Å². The van der Waals surface area contributed by atoms with Crippen LogP contribution in [0.4, 0.5) is 8.78 Å². The van der Waals surface area contributed by atoms with Gasteiger partial charge in [0.05, 0.1) is 11.6 Å². The summed E-state index contributed by atoms with van der Waals surface area (Å²) in [6.07, 6.45) is 1.36. The van der Waals surface area contributed by atoms with Crippen LogP contribution in [-0.2, 0) is 11.2 Å². The van der Waals surface area contributed by atoms with E-state index in [2.05, 4.69) is 0 Å². The van der Waals surface area contributed by atoms with Crippen molar-refractivity contribution >= 4 is 23.2 Å². The lowest BCUT2D eigenvalue weighted by Crippen LogP contribution is -2.48. The summed E-state index contributed by atoms with van der Waals surface area (Å²) < 4.78 is 33.4. The number of rotatable bonds is 8. The van der Waals surface area contributed by atoms with E-state index in [1.165, 1.54) is 40.1 Å². The minimum Gasteiger partial charge on any atom is -0.491 e. The van der Waals surface area contributed by atoms with E-state index >= 15 is 0 Å². The Hall–Kier alpha value is -3.26. The quantitative estimate of drug-likeness (QED) is 0.448. The van der Waals surface area contributed by atoms with Crippen LogP contribution in [0.5, 0.6) is 5.75 Å². The monoisotopic (exact) mass is 484 g/mol. The fourth-order valence-corrected chi connectivity index (χ4v) is 5.09. The number of hydrogen-bond acceptors (Lipinski definition) is 4. The third-order valence-electron chi connectivity index (χ3n) is 5.85. The second kappa shape index (κ2) is 10.8. The molecule has 3 aromatic rings. The Labute approximate surface area is 201 Å². The van der Waals surface area contributed by atoms with Crippen molar-refractivity contribution in [1.82, 2.24) is 9.80 Å². The van der Waals surface area contributed by atoms with E-state index in [1.807, 2.05) is 18.4 Å². The van der Waals surface area contributed by atoms with E-state index < -0.39 is 11.7 Å². The highest BCUT2D eigenvalue weighted by atomic mass is 32.1. The average molecular weight is 485 g/mol. The van der Waals surface area contributed by atoms with Gasteiger partial charge in [-0.15, -0.1) is 11.3 Å². The molecule has 0 saturated carbocycles. The topological polar surface area (TPSA) is 49.9 Å². The molecule has 2 aromatic carbocycles. The highest BCUT2D eigenvalue weighted by Gasteiger charge is 2.33. The number of ether oxygens (including phenoxy) is 1. The fraction of sp³-hybridized carbons (Fsp3) is 0.308. The zero-order valence-electron chi connectivity index (χ0n) is 18.9. The first-order valence-corrected chi connectivity index (χ1v) is 12.1. The van der Waals surface area contributed by atoms with Gasteiger partial charge in [-0.3, -0.25) is 9.59 Å². The molecule has 178 valence electrons. The summed E-state index contributed by atoms with van der Waals surface area (Å²) in [5.74, 6) is -1.16. The molecule has 1 atom stereocenters. The van der Waals surface area contributed by atoms with Gasteiger partial charge in [0.25, 0.3) is 5.91 Å². The van der Waals surface area contributed by atoms with Gasteiger partial charge in [-0.25, -0.2) is 8.78 Å². The Morgan fingerprint density at radius 2 is 1.88 bits per heavy atom. The van der Waals surface area contributed by atoms with Gasteiger partial charge >= 0.3 is 0 Å². The largest absolute Gasteiger partial charge is 0.491 e. The lowest BCUT2D eigenvalue weighted by Gasteiger charge is -2.37. The van der Waals surface area contributed by atoms with Crippen LogP contribution in [0.1, 0.15) is 40.2 Å². The number of carbonyl (C=O) groups excluding carboxylic acids is 2. The van der Waals surface area contributed by atoms with Crippen LogP contribution in [0, 0.1) is 11.6 Å². The van der Waals surface area contributed by atoms with Crippen LogP contribution in [0.15, 0.2) is 60.0 Å². The van der Waals surface area contributed by atoms with E-state index in [-0.39, 0.29) is 36.5 Å². The average Bonchev–Trinajstić information content (AvgIpc) is 3.32. The molecule has 0 bridgehead atoms. The second-order valence-corrected chi connectivity index (χ2v) is 9.12. The Balaban J connectivity index is 1.52. The summed E-state index contributed by atoms with van der Waals surface area (Å²) >= 11 is 1.64. The SMILES string of the molecule is CCCN(CC(=O)N1CCc2sccc2C1COc1ccc(F)cc1)C(=O)c1ccccc1F. The molecule has 0 N–H and O–H groups in total. The van der Waals surface area contributed by atoms with Crippen LogP contribution in [0.25, 0.3) is 0 Å². The zero-order valence-corrected chi connectivity index (χ0v) is 19.7. The Morgan fingerprint density at radius 1 is 1.12 bits per heavy atom. The van der Waals surface area contributed by atoms with Gasteiger partial charge < -0.3 is 14.5 Å². The molecule has 0 saturated heterocycles. The van der Waals surface area contributed by atoms with Crippen LogP contribution in [0.2, 0.25) is 0 Å². The number of thiophene rings is 1. The molecule has 0 spiro atoms. The minimum atomic E-state index is -0.604. The van der Waals surface area contributed by atoms with Crippen molar-refractivity contribution in [2.45, 2.75) is 25.8 Å². The number of hydrogen-bond donors (Lipinski definition) is 0. The molecule has 1 aromatic heterocycles. The Kier molecular flexibility index (Phi) is 7.57. The predicted molar refractivity (Wildman–Crippen MR) is 127 cm³/mol. The van der Waals surface area contributed by atoms with Gasteiger partial charge in [-0.05, 0) is 66.2 Å². The van der Waals surface area contributed by atoms with Crippen molar-refractivity contribution in [1.29, 1.82) is 0 Å². The lowest BCUT2D eigenvalue weighted by atomic mass is 10.0. The molecule has 34 heavy (non-hydrogen) atoms. The predicted octanol–water partition coefficient (Wildman–Crippen LogP) is 5.08. The molecule has 8 heteroatoms. The number of fused-ring (bicyclic) bond motifs is 1. The first-order valence-electron chi connectivity index (χ1n) is 11.3. The lowest BCUT2D eigenvalue weighted by molar-refractivity contribution is -0.135. The van der Waals surface area contributed by atoms with E-state index in [1.54, 1.807) is 34.4 Å². The molecule has 1 aliphatic rings. The number of amides is 2. The molecule has 0 radical (unpaired) electrons. The molecular weight excluding hydrogens is 458 g/mol. The van der Waals surface area contributed by atoms with E-state index in [4.69, 9.17) is 4.74 Å². The van der Waals surface area contributed by atoms with E-state index in [0.717, 1.165) is 12.0 Å². The summed E-state index contributed by atoms with van der Waals surface area (Å²) in [4.78, 5) is 30.8. The highest BCUT2D eigenvalue weighted by Crippen LogP contribution is 2.34. The standard InChI is InChI=1S/C26H26F2N2O3S/c1-2-13-29(26(32)20-5-3-4-6-22(20)28)16-25(31)30-14-11-24-21(12-15-34-24)23(30)17-33-19-9-7-18(27)8-10-19/h3-10,12,15,23H,2,11,13-14,16-17H2,1H3. The van der Waals surface area contributed by atoms with E-state index in [0.29, 0.717) is 25.3 Å². The maximum absolute atomic E-state index is 14.2. The van der Waals surface area contributed by atoms with Crippen LogP contribution >= 0.6 is 11.3 Å². The van der Waals surface area contributed by atoms with Gasteiger partial charge in [-0.1, -0.05) is 19.1 Å². The summed E-state index contributed by atoms with van der Waals surface area (Å²) in [5, 5.41) is 1.99. The molecular formula is C26H26F2N2O3S. The third-order valence-corrected chi connectivity index (χ3v) is 6.84. The van der Waals surface area contributed by atoms with Crippen molar-refractivity contribution in [3.63, 3.8) is 0 Å². The smallest absolute Gasteiger partial charge is 0.257 e. The molecule has 5 nitrogen and oxygen atoms in total. The number of halogens is 2. The summed E-state index contributed by atoms with van der Waals surface area (Å²) in [6.45, 7) is 2.80. The van der Waals surface area contributed by atoms with Crippen molar-refractivity contribution < 1.29 is 23.1 Å². The molecule has 2 heterocycles. The van der Waals surface area contributed by atoms with Gasteiger partial charge in [-0.2, -0.15) is 0 Å². The maximum Gasteiger partial charge on any atom is 0.257 e. The van der Waals surface area contributed by atoms with Crippen LogP contribution < -0.4 is 4.74 Å². The molecule has 0 fully saturated rings. The van der Waals surface area contributed by atoms with Crippen molar-refractivity contribution in [3.8, 4) is 5.75 Å². The Bertz CT molecular complexity index is 1150. The second-order valence-electron chi connectivity index (χ2n) is 8.12. The van der Waals surface area contributed by atoms with Crippen molar-refractivity contribution in [3.05, 3.63) is 87.6 Å². The highest BCUT2D eigenvalue weighted by molar-refractivity contribution is 7.10. The normalized spacial score (nSPS) is 15.0. The third kappa shape index (κ3) is 5.28. The van der Waals surface area contributed by atoms with Gasteiger partial charge in [0, 0.05) is 18.0 Å². The minimum absolute atomic E-state index is 0.0429. The van der Waals surface area contributed by atoms with Crippen molar-refractivity contribution in [2.24, 2.45) is 0 Å². The molecule has 2 amide bonds. The van der Waals surface area contributed by atoms with Crippen molar-refractivity contribution in [2.75, 3.05) is 26.2 Å². The fourth-order valence-electron chi connectivity index (χ4n) is 4.16. The summed E-state index contributed by atoms with van der Waals surface area (Å²) in [6, 6.07) is 13.2. The first-order chi connectivity index (χ1) is 16.5. The molecule has 1 aliphatic heterocycles. The number of nitrogens with zero attached hydrogens (tertiary/aromatic N) is 2. The Morgan fingerprint density at radius 3 is 2.62 bits per heavy atom. The number of carbonyl (C=O) groups is 2. The van der Waals surface area contributed by atoms with Gasteiger partial charge in [0.1, 0.15) is 30.5 Å².